The summed E-state index contributed by atoms with van der Waals surface area (Å²) >= 11 is 3.22. The molecule has 14 heavy (non-hydrogen) atoms. The summed E-state index contributed by atoms with van der Waals surface area (Å²) in [4.78, 5) is 10.7. The standard InChI is InChI=1S/C10H14O2S2/c1-2-9(10(11)12)14-6-4-8-3-5-13-7-8/h3,5,7,9H,2,4,6H2,1H3,(H,11,12). The van der Waals surface area contributed by atoms with Gasteiger partial charge in [0.1, 0.15) is 5.25 Å². The largest absolute Gasteiger partial charge is 0.480 e. The lowest BCUT2D eigenvalue weighted by Gasteiger charge is -2.08. The highest BCUT2D eigenvalue weighted by atomic mass is 32.2. The lowest BCUT2D eigenvalue weighted by Crippen LogP contribution is -2.15. The topological polar surface area (TPSA) is 37.3 Å². The fourth-order valence-electron chi connectivity index (χ4n) is 1.12. The molecular weight excluding hydrogens is 216 g/mol. The summed E-state index contributed by atoms with van der Waals surface area (Å²) in [6.45, 7) is 1.91. The molecule has 1 unspecified atom stereocenters. The lowest BCUT2D eigenvalue weighted by atomic mass is 10.3. The molecule has 1 aromatic rings. The number of rotatable bonds is 6. The zero-order valence-corrected chi connectivity index (χ0v) is 9.74. The van der Waals surface area contributed by atoms with Crippen molar-refractivity contribution in [3.8, 4) is 0 Å². The lowest BCUT2D eigenvalue weighted by molar-refractivity contribution is -0.136. The second kappa shape index (κ2) is 6.09. The van der Waals surface area contributed by atoms with Crippen LogP contribution in [0.15, 0.2) is 16.8 Å². The number of carboxylic acid groups (broad SMARTS) is 1. The highest BCUT2D eigenvalue weighted by Gasteiger charge is 2.14. The zero-order chi connectivity index (χ0) is 10.4. The predicted molar refractivity (Wildman–Crippen MR) is 62.2 cm³/mol. The summed E-state index contributed by atoms with van der Waals surface area (Å²) in [5.41, 5.74) is 1.31. The quantitative estimate of drug-likeness (QED) is 0.816. The molecule has 0 aliphatic heterocycles. The maximum absolute atomic E-state index is 10.7. The molecule has 1 atom stereocenters. The van der Waals surface area contributed by atoms with Crippen molar-refractivity contribution in [3.63, 3.8) is 0 Å². The van der Waals surface area contributed by atoms with Gasteiger partial charge in [-0.05, 0) is 41.0 Å². The van der Waals surface area contributed by atoms with Crippen LogP contribution < -0.4 is 0 Å². The molecule has 0 aliphatic carbocycles. The number of thiophene rings is 1. The first kappa shape index (κ1) is 11.6. The molecule has 78 valence electrons. The molecule has 0 spiro atoms. The van der Waals surface area contributed by atoms with Crippen molar-refractivity contribution in [2.24, 2.45) is 0 Å². The van der Waals surface area contributed by atoms with Crippen LogP contribution in [0.25, 0.3) is 0 Å². The average molecular weight is 230 g/mol. The second-order valence-corrected chi connectivity index (χ2v) is 5.08. The van der Waals surface area contributed by atoms with E-state index in [0.717, 1.165) is 12.2 Å². The van der Waals surface area contributed by atoms with Crippen molar-refractivity contribution in [2.45, 2.75) is 25.0 Å². The van der Waals surface area contributed by atoms with Crippen molar-refractivity contribution < 1.29 is 9.90 Å². The number of hydrogen-bond acceptors (Lipinski definition) is 3. The Balaban J connectivity index is 2.23. The third-order valence-electron chi connectivity index (χ3n) is 1.94. The van der Waals surface area contributed by atoms with Gasteiger partial charge in [0, 0.05) is 0 Å². The Morgan fingerprint density at radius 1 is 1.71 bits per heavy atom. The third kappa shape index (κ3) is 3.72. The highest BCUT2D eigenvalue weighted by molar-refractivity contribution is 8.00. The molecule has 4 heteroatoms. The van der Waals surface area contributed by atoms with Crippen molar-refractivity contribution >= 4 is 29.1 Å². The smallest absolute Gasteiger partial charge is 0.316 e. The Labute approximate surface area is 92.3 Å². The van der Waals surface area contributed by atoms with E-state index in [-0.39, 0.29) is 5.25 Å². The molecule has 0 saturated carbocycles. The molecule has 2 nitrogen and oxygen atoms in total. The van der Waals surface area contributed by atoms with Crippen molar-refractivity contribution in [3.05, 3.63) is 22.4 Å². The van der Waals surface area contributed by atoms with Gasteiger partial charge >= 0.3 is 5.97 Å². The van der Waals surface area contributed by atoms with Crippen LogP contribution in [-0.2, 0) is 11.2 Å². The van der Waals surface area contributed by atoms with Gasteiger partial charge in [0.05, 0.1) is 0 Å². The number of carboxylic acids is 1. The van der Waals surface area contributed by atoms with E-state index in [1.54, 1.807) is 11.3 Å². The number of carbonyl (C=O) groups is 1. The minimum Gasteiger partial charge on any atom is -0.480 e. The molecule has 1 N–H and O–H groups in total. The highest BCUT2D eigenvalue weighted by Crippen LogP contribution is 2.17. The second-order valence-electron chi connectivity index (χ2n) is 2.99. The molecule has 0 aliphatic rings. The molecule has 1 heterocycles. The van der Waals surface area contributed by atoms with E-state index >= 15 is 0 Å². The number of hydrogen-bond donors (Lipinski definition) is 1. The van der Waals surface area contributed by atoms with Crippen LogP contribution >= 0.6 is 23.1 Å². The first-order valence-electron chi connectivity index (χ1n) is 4.59. The van der Waals surface area contributed by atoms with E-state index in [2.05, 4.69) is 16.8 Å². The fourth-order valence-corrected chi connectivity index (χ4v) is 2.84. The van der Waals surface area contributed by atoms with Crippen LogP contribution in [0, 0.1) is 0 Å². The fraction of sp³-hybridized carbons (Fsp3) is 0.500. The van der Waals surface area contributed by atoms with Gasteiger partial charge in [0.15, 0.2) is 0 Å². The number of aryl methyl sites for hydroxylation is 1. The maximum Gasteiger partial charge on any atom is 0.316 e. The van der Waals surface area contributed by atoms with Crippen LogP contribution in [-0.4, -0.2) is 22.1 Å². The number of aliphatic carboxylic acids is 1. The van der Waals surface area contributed by atoms with Gasteiger partial charge in [0.2, 0.25) is 0 Å². The van der Waals surface area contributed by atoms with Crippen LogP contribution in [0.3, 0.4) is 0 Å². The minimum atomic E-state index is -0.692. The Morgan fingerprint density at radius 2 is 2.50 bits per heavy atom. The molecular formula is C10H14O2S2. The summed E-state index contributed by atoms with van der Waals surface area (Å²) in [6.07, 6.45) is 1.67. The van der Waals surface area contributed by atoms with E-state index in [4.69, 9.17) is 5.11 Å². The molecule has 0 radical (unpaired) electrons. The Kier molecular flexibility index (Phi) is 5.04. The molecule has 0 saturated heterocycles. The van der Waals surface area contributed by atoms with Gasteiger partial charge < -0.3 is 5.11 Å². The van der Waals surface area contributed by atoms with E-state index in [0.29, 0.717) is 6.42 Å². The summed E-state index contributed by atoms with van der Waals surface area (Å²) in [7, 11) is 0. The van der Waals surface area contributed by atoms with Gasteiger partial charge in [-0.25, -0.2) is 0 Å². The number of thioether (sulfide) groups is 1. The molecule has 0 fully saturated rings. The van der Waals surface area contributed by atoms with E-state index in [1.807, 2.05) is 6.92 Å². The van der Waals surface area contributed by atoms with Crippen LogP contribution in [0.4, 0.5) is 0 Å². The van der Waals surface area contributed by atoms with Gasteiger partial charge in [0.25, 0.3) is 0 Å². The van der Waals surface area contributed by atoms with Crippen molar-refractivity contribution in [2.75, 3.05) is 5.75 Å². The minimum absolute atomic E-state index is 0.242. The summed E-state index contributed by atoms with van der Waals surface area (Å²) in [5.74, 6) is 0.199. The molecule has 1 aromatic heterocycles. The maximum atomic E-state index is 10.7. The van der Waals surface area contributed by atoms with Crippen LogP contribution in [0.2, 0.25) is 0 Å². The van der Waals surface area contributed by atoms with Gasteiger partial charge in [-0.2, -0.15) is 11.3 Å². The third-order valence-corrected chi connectivity index (χ3v) is 4.05. The predicted octanol–water partition coefficient (Wildman–Crippen LogP) is 2.89. The van der Waals surface area contributed by atoms with Crippen molar-refractivity contribution in [1.82, 2.24) is 0 Å². The van der Waals surface area contributed by atoms with Gasteiger partial charge in [-0.15, -0.1) is 11.8 Å². The van der Waals surface area contributed by atoms with Crippen molar-refractivity contribution in [1.29, 1.82) is 0 Å². The van der Waals surface area contributed by atoms with E-state index in [9.17, 15) is 4.79 Å². The SMILES string of the molecule is CCC(SCCc1ccsc1)C(=O)O. The normalized spacial score (nSPS) is 12.6. The summed E-state index contributed by atoms with van der Waals surface area (Å²) in [5, 5.41) is 12.7. The Hall–Kier alpha value is -0.480. The Morgan fingerprint density at radius 3 is 3.00 bits per heavy atom. The monoisotopic (exact) mass is 230 g/mol. The molecule has 0 amide bonds. The van der Waals surface area contributed by atoms with E-state index < -0.39 is 5.97 Å². The summed E-state index contributed by atoms with van der Waals surface area (Å²) < 4.78 is 0. The zero-order valence-electron chi connectivity index (χ0n) is 8.10. The molecule has 0 bridgehead atoms. The van der Waals surface area contributed by atoms with Gasteiger partial charge in [-0.1, -0.05) is 6.92 Å². The summed E-state index contributed by atoms with van der Waals surface area (Å²) in [6, 6.07) is 2.09. The van der Waals surface area contributed by atoms with Gasteiger partial charge in [-0.3, -0.25) is 4.79 Å². The molecule has 0 aromatic carbocycles. The first-order chi connectivity index (χ1) is 6.74. The van der Waals surface area contributed by atoms with E-state index in [1.165, 1.54) is 17.3 Å². The Bertz CT molecular complexity index is 270. The van der Waals surface area contributed by atoms with Crippen LogP contribution in [0.1, 0.15) is 18.9 Å². The first-order valence-corrected chi connectivity index (χ1v) is 6.58. The molecule has 1 rings (SSSR count). The average Bonchev–Trinajstić information content (AvgIpc) is 2.64. The van der Waals surface area contributed by atoms with Crippen LogP contribution in [0.5, 0.6) is 0 Å².